The molecule has 0 spiro atoms. The maximum atomic E-state index is 4.83. The molecule has 0 aromatic rings. The highest BCUT2D eigenvalue weighted by Crippen LogP contribution is 1.74. The molecule has 0 unspecified atom stereocenters. The molecule has 0 atom stereocenters. The molecule has 0 aliphatic rings. The maximum absolute atomic E-state index is 4.83. The van der Waals surface area contributed by atoms with Gasteiger partial charge in [0.25, 0.3) is 0 Å². The summed E-state index contributed by atoms with van der Waals surface area (Å²) in [6, 6.07) is 0. The molecular formula is C6H10O. The lowest BCUT2D eigenvalue weighted by Crippen LogP contribution is -1.76. The monoisotopic (exact) mass is 98.1 g/mol. The van der Waals surface area contributed by atoms with E-state index in [1.807, 2.05) is 13.0 Å². The van der Waals surface area contributed by atoms with Crippen molar-refractivity contribution in [3.8, 4) is 0 Å². The fourth-order valence-electron chi connectivity index (χ4n) is 0.220. The van der Waals surface area contributed by atoms with Crippen LogP contribution in [0.3, 0.4) is 0 Å². The number of allylic oxidation sites excluding steroid dienone is 1. The summed E-state index contributed by atoms with van der Waals surface area (Å²) in [5.74, 6) is 0. The summed E-state index contributed by atoms with van der Waals surface area (Å²) in [4.78, 5) is 0. The molecule has 40 valence electrons. The van der Waals surface area contributed by atoms with E-state index in [9.17, 15) is 0 Å². The van der Waals surface area contributed by atoms with Gasteiger partial charge in [0.2, 0.25) is 0 Å². The third-order valence-corrected chi connectivity index (χ3v) is 0.446. The molecule has 0 aliphatic carbocycles. The molecule has 0 aromatic carbocycles. The zero-order valence-electron chi connectivity index (χ0n) is 4.55. The van der Waals surface area contributed by atoms with Crippen molar-refractivity contribution in [2.24, 2.45) is 0 Å². The van der Waals surface area contributed by atoms with E-state index in [1.54, 1.807) is 12.3 Å². The lowest BCUT2D eigenvalue weighted by atomic mass is 10.7. The Morgan fingerprint density at radius 2 is 2.43 bits per heavy atom. The predicted molar refractivity (Wildman–Crippen MR) is 31.0 cm³/mol. The van der Waals surface area contributed by atoms with Crippen LogP contribution in [0.1, 0.15) is 6.92 Å². The van der Waals surface area contributed by atoms with Crippen LogP contribution in [0.15, 0.2) is 25.0 Å². The van der Waals surface area contributed by atoms with E-state index in [2.05, 4.69) is 6.58 Å². The molecule has 7 heavy (non-hydrogen) atoms. The Kier molecular flexibility index (Phi) is 4.74. The van der Waals surface area contributed by atoms with Crippen LogP contribution in [0.4, 0.5) is 0 Å². The van der Waals surface area contributed by atoms with Crippen molar-refractivity contribution in [1.82, 2.24) is 0 Å². The van der Waals surface area contributed by atoms with Gasteiger partial charge in [-0.1, -0.05) is 18.7 Å². The number of rotatable bonds is 3. The van der Waals surface area contributed by atoms with E-state index in [4.69, 9.17) is 4.74 Å². The van der Waals surface area contributed by atoms with Crippen molar-refractivity contribution in [2.45, 2.75) is 6.92 Å². The normalized spacial score (nSPS) is 9.29. The van der Waals surface area contributed by atoms with Gasteiger partial charge in [0.1, 0.15) is 6.61 Å². The third kappa shape index (κ3) is 5.28. The van der Waals surface area contributed by atoms with Gasteiger partial charge in [-0.3, -0.25) is 0 Å². The first-order valence-corrected chi connectivity index (χ1v) is 2.25. The molecule has 0 radical (unpaired) electrons. The van der Waals surface area contributed by atoms with Gasteiger partial charge in [-0.15, -0.1) is 0 Å². The topological polar surface area (TPSA) is 9.23 Å². The van der Waals surface area contributed by atoms with Crippen LogP contribution in [0.5, 0.6) is 0 Å². The third-order valence-electron chi connectivity index (χ3n) is 0.446. The lowest BCUT2D eigenvalue weighted by molar-refractivity contribution is 0.289. The minimum absolute atomic E-state index is 0.602. The van der Waals surface area contributed by atoms with E-state index in [1.165, 1.54) is 0 Å². The average Bonchev–Trinajstić information content (AvgIpc) is 1.69. The van der Waals surface area contributed by atoms with Crippen LogP contribution < -0.4 is 0 Å². The van der Waals surface area contributed by atoms with E-state index in [0.29, 0.717) is 6.61 Å². The lowest BCUT2D eigenvalue weighted by Gasteiger charge is -1.88. The number of ether oxygens (including phenoxy) is 1. The van der Waals surface area contributed by atoms with E-state index in [0.717, 1.165) is 0 Å². The minimum Gasteiger partial charge on any atom is -0.498 e. The van der Waals surface area contributed by atoms with E-state index >= 15 is 0 Å². The minimum atomic E-state index is 0.602. The molecule has 0 fully saturated rings. The van der Waals surface area contributed by atoms with Gasteiger partial charge in [0, 0.05) is 0 Å². The average molecular weight is 98.1 g/mol. The molecule has 0 aromatic heterocycles. The summed E-state index contributed by atoms with van der Waals surface area (Å²) >= 11 is 0. The number of hydrogen-bond donors (Lipinski definition) is 0. The summed E-state index contributed by atoms with van der Waals surface area (Å²) in [5.41, 5.74) is 0. The van der Waals surface area contributed by atoms with Crippen LogP contribution in [0.25, 0.3) is 0 Å². The molecule has 0 saturated heterocycles. The SMILES string of the molecule is C=CCO/C=C\C. The zero-order chi connectivity index (χ0) is 5.54. The van der Waals surface area contributed by atoms with Gasteiger partial charge in [-0.05, 0) is 6.92 Å². The summed E-state index contributed by atoms with van der Waals surface area (Å²) in [7, 11) is 0. The highest BCUT2D eigenvalue weighted by Gasteiger charge is 1.64. The fraction of sp³-hybridized carbons (Fsp3) is 0.333. The Morgan fingerprint density at radius 1 is 1.71 bits per heavy atom. The molecule has 0 aliphatic heterocycles. The van der Waals surface area contributed by atoms with Crippen molar-refractivity contribution in [3.05, 3.63) is 25.0 Å². The Labute approximate surface area is 44.3 Å². The Hall–Kier alpha value is -0.720. The van der Waals surface area contributed by atoms with Crippen molar-refractivity contribution >= 4 is 0 Å². The smallest absolute Gasteiger partial charge is 0.105 e. The molecule has 0 N–H and O–H groups in total. The molecule has 0 heterocycles. The summed E-state index contributed by atoms with van der Waals surface area (Å²) in [5, 5.41) is 0. The first-order valence-electron chi connectivity index (χ1n) is 2.25. The van der Waals surface area contributed by atoms with Crippen molar-refractivity contribution < 1.29 is 4.74 Å². The quantitative estimate of drug-likeness (QED) is 0.296. The largest absolute Gasteiger partial charge is 0.498 e. The summed E-state index contributed by atoms with van der Waals surface area (Å²) in [6.07, 6.45) is 5.19. The second kappa shape index (κ2) is 5.28. The Balaban J connectivity index is 2.82. The molecule has 0 amide bonds. The van der Waals surface area contributed by atoms with Crippen LogP contribution in [-0.4, -0.2) is 6.61 Å². The standard InChI is InChI=1S/C6H10O/c1-3-5-7-6-4-2/h3-4,6H,1,5H2,2H3/b6-4-. The van der Waals surface area contributed by atoms with Gasteiger partial charge in [0.15, 0.2) is 0 Å². The first-order chi connectivity index (χ1) is 3.41. The fourth-order valence-corrected chi connectivity index (χ4v) is 0.220. The van der Waals surface area contributed by atoms with Gasteiger partial charge < -0.3 is 4.74 Å². The molecule has 0 rings (SSSR count). The second-order valence-corrected chi connectivity index (χ2v) is 1.09. The molecule has 0 saturated carbocycles. The highest BCUT2D eigenvalue weighted by molar-refractivity contribution is 4.70. The Morgan fingerprint density at radius 3 is 2.86 bits per heavy atom. The highest BCUT2D eigenvalue weighted by atomic mass is 16.5. The molecule has 0 bridgehead atoms. The molecular weight excluding hydrogens is 88.1 g/mol. The van der Waals surface area contributed by atoms with Crippen LogP contribution >= 0.6 is 0 Å². The first kappa shape index (κ1) is 6.28. The summed E-state index contributed by atoms with van der Waals surface area (Å²) in [6.45, 7) is 5.98. The second-order valence-electron chi connectivity index (χ2n) is 1.09. The van der Waals surface area contributed by atoms with Crippen molar-refractivity contribution in [2.75, 3.05) is 6.61 Å². The molecule has 1 heteroatoms. The van der Waals surface area contributed by atoms with Gasteiger partial charge in [-0.2, -0.15) is 0 Å². The van der Waals surface area contributed by atoms with Gasteiger partial charge in [0.05, 0.1) is 6.26 Å². The predicted octanol–water partition coefficient (Wildman–Crippen LogP) is 1.72. The van der Waals surface area contributed by atoms with E-state index < -0.39 is 0 Å². The van der Waals surface area contributed by atoms with Crippen molar-refractivity contribution in [3.63, 3.8) is 0 Å². The Bertz CT molecular complexity index is 64.6. The zero-order valence-corrected chi connectivity index (χ0v) is 4.55. The molecule has 1 nitrogen and oxygen atoms in total. The van der Waals surface area contributed by atoms with Crippen molar-refractivity contribution in [1.29, 1.82) is 0 Å². The summed E-state index contributed by atoms with van der Waals surface area (Å²) < 4.78 is 4.83. The van der Waals surface area contributed by atoms with Crippen LogP contribution in [-0.2, 0) is 4.74 Å². The van der Waals surface area contributed by atoms with Crippen LogP contribution in [0, 0.1) is 0 Å². The van der Waals surface area contributed by atoms with Gasteiger partial charge >= 0.3 is 0 Å². The van der Waals surface area contributed by atoms with E-state index in [-0.39, 0.29) is 0 Å². The van der Waals surface area contributed by atoms with Gasteiger partial charge in [-0.25, -0.2) is 0 Å². The van der Waals surface area contributed by atoms with Crippen LogP contribution in [0.2, 0.25) is 0 Å². The number of hydrogen-bond acceptors (Lipinski definition) is 1. The maximum Gasteiger partial charge on any atom is 0.105 e.